The van der Waals surface area contributed by atoms with Crippen LogP contribution in [0.4, 0.5) is 4.79 Å². The van der Waals surface area contributed by atoms with E-state index < -0.39 is 122 Å². The van der Waals surface area contributed by atoms with Crippen LogP contribution in [-0.2, 0) is 28.5 Å². The Morgan fingerprint density at radius 1 is 0.822 bits per heavy atom. The van der Waals surface area contributed by atoms with Crippen LogP contribution in [0, 0.1) is 0 Å². The molecule has 15 N–H and O–H groups in total. The van der Waals surface area contributed by atoms with Gasteiger partial charge in [0.1, 0.15) is 72.7 Å². The van der Waals surface area contributed by atoms with Crippen LogP contribution >= 0.6 is 0 Å². The molecule has 45 heavy (non-hydrogen) atoms. The molecule has 2 heterocycles. The van der Waals surface area contributed by atoms with Gasteiger partial charge < -0.3 is 87.3 Å². The molecule has 3 aliphatic rings. The van der Waals surface area contributed by atoms with Crippen molar-refractivity contribution < 1.29 is 69.0 Å². The van der Waals surface area contributed by atoms with Crippen molar-refractivity contribution in [1.82, 2.24) is 10.6 Å². The summed E-state index contributed by atoms with van der Waals surface area (Å²) in [6, 6.07) is -4.15. The standard InChI is InChI=1S/C26H49N5O14/c1-8(31-25(40)45-26(2,3)4)22(39)30-6-11-15(34)17(36)18(37)24(41-11)44-21-10(28)5-9(27)20(19(21)38)43-23-16(35)13(29)14(33)12(7-32)42-23/h8-21,23-24,32-38H,5-7,27-29H2,1-4H3,(H,30,39)(H,31,40)/t8-,9+,10-,11+,12+,13-,14+,15+,16+,17-,18+,19+,20-,21+,23+,24+/m0/s1. The lowest BCUT2D eigenvalue weighted by Crippen LogP contribution is -2.68. The summed E-state index contributed by atoms with van der Waals surface area (Å²) in [6.07, 6.45) is -19.0. The molecule has 3 rings (SSSR count). The topological polar surface area (TPSA) is 324 Å². The summed E-state index contributed by atoms with van der Waals surface area (Å²) < 4.78 is 27.7. The molecular weight excluding hydrogens is 606 g/mol. The lowest BCUT2D eigenvalue weighted by molar-refractivity contribution is -0.332. The smallest absolute Gasteiger partial charge is 0.408 e. The van der Waals surface area contributed by atoms with Gasteiger partial charge in [0, 0.05) is 18.6 Å². The molecule has 1 aliphatic carbocycles. The Hall–Kier alpha value is -1.82. The van der Waals surface area contributed by atoms with E-state index in [4.69, 9.17) is 40.9 Å². The van der Waals surface area contributed by atoms with Crippen molar-refractivity contribution >= 4 is 12.0 Å². The average Bonchev–Trinajstić information content (AvgIpc) is 2.95. The number of ether oxygens (including phenoxy) is 5. The Kier molecular flexibility index (Phi) is 12.9. The molecule has 19 heteroatoms. The number of hydrogen-bond donors (Lipinski definition) is 12. The molecule has 0 unspecified atom stereocenters. The van der Waals surface area contributed by atoms with Crippen LogP contribution in [0.25, 0.3) is 0 Å². The van der Waals surface area contributed by atoms with E-state index in [0.29, 0.717) is 0 Å². The quantitative estimate of drug-likeness (QED) is 0.110. The van der Waals surface area contributed by atoms with Gasteiger partial charge in [-0.25, -0.2) is 4.79 Å². The number of aliphatic hydroxyl groups excluding tert-OH is 7. The van der Waals surface area contributed by atoms with E-state index in [-0.39, 0.29) is 13.0 Å². The predicted octanol–water partition coefficient (Wildman–Crippen LogP) is -6.22. The second-order valence-electron chi connectivity index (χ2n) is 12.7. The predicted molar refractivity (Wildman–Crippen MR) is 151 cm³/mol. The minimum atomic E-state index is -1.82. The van der Waals surface area contributed by atoms with Crippen molar-refractivity contribution in [3.63, 3.8) is 0 Å². The number of nitrogens with two attached hydrogens (primary N) is 3. The lowest BCUT2D eigenvalue weighted by Gasteiger charge is -2.48. The lowest BCUT2D eigenvalue weighted by atomic mass is 9.84. The normalized spacial score (nSPS) is 43.3. The highest BCUT2D eigenvalue weighted by Gasteiger charge is 2.51. The number of alkyl carbamates (subject to hydrolysis) is 1. The zero-order chi connectivity index (χ0) is 34.0. The summed E-state index contributed by atoms with van der Waals surface area (Å²) in [5.74, 6) is -0.670. The molecular formula is C26H49N5O14. The van der Waals surface area contributed by atoms with Crippen molar-refractivity contribution in [3.8, 4) is 0 Å². The first-order valence-corrected chi connectivity index (χ1v) is 14.7. The summed E-state index contributed by atoms with van der Waals surface area (Å²) in [5, 5.41) is 77.7. The van der Waals surface area contributed by atoms with Crippen molar-refractivity contribution in [1.29, 1.82) is 0 Å². The maximum atomic E-state index is 12.6. The molecule has 0 bridgehead atoms. The molecule has 1 saturated carbocycles. The maximum Gasteiger partial charge on any atom is 0.408 e. The minimum Gasteiger partial charge on any atom is -0.444 e. The molecule has 3 fully saturated rings. The third-order valence-corrected chi connectivity index (χ3v) is 7.85. The largest absolute Gasteiger partial charge is 0.444 e. The van der Waals surface area contributed by atoms with Gasteiger partial charge in [-0.05, 0) is 34.1 Å². The molecule has 0 aromatic rings. The summed E-state index contributed by atoms with van der Waals surface area (Å²) in [5.41, 5.74) is 17.4. The van der Waals surface area contributed by atoms with Gasteiger partial charge in [0.25, 0.3) is 0 Å². The fourth-order valence-electron chi connectivity index (χ4n) is 5.28. The van der Waals surface area contributed by atoms with E-state index >= 15 is 0 Å². The number of carbonyl (C=O) groups excluding carboxylic acids is 2. The van der Waals surface area contributed by atoms with E-state index in [0.717, 1.165) is 0 Å². The fourth-order valence-corrected chi connectivity index (χ4v) is 5.28. The van der Waals surface area contributed by atoms with Gasteiger partial charge in [-0.1, -0.05) is 0 Å². The summed E-state index contributed by atoms with van der Waals surface area (Å²) in [4.78, 5) is 24.5. The van der Waals surface area contributed by atoms with Crippen LogP contribution in [0.15, 0.2) is 0 Å². The van der Waals surface area contributed by atoms with E-state index in [2.05, 4.69) is 10.6 Å². The maximum absolute atomic E-state index is 12.6. The molecule has 19 nitrogen and oxygen atoms in total. The summed E-state index contributed by atoms with van der Waals surface area (Å²) in [7, 11) is 0. The van der Waals surface area contributed by atoms with Gasteiger partial charge in [-0.3, -0.25) is 4.79 Å². The Morgan fingerprint density at radius 3 is 1.89 bits per heavy atom. The Balaban J connectivity index is 1.65. The first-order valence-electron chi connectivity index (χ1n) is 14.7. The third-order valence-electron chi connectivity index (χ3n) is 7.85. The van der Waals surface area contributed by atoms with Gasteiger partial charge in [0.05, 0.1) is 12.6 Å². The molecule has 0 aromatic heterocycles. The zero-order valence-corrected chi connectivity index (χ0v) is 25.6. The van der Waals surface area contributed by atoms with Crippen LogP contribution in [0.5, 0.6) is 0 Å². The average molecular weight is 656 g/mol. The van der Waals surface area contributed by atoms with Crippen LogP contribution < -0.4 is 27.8 Å². The summed E-state index contributed by atoms with van der Waals surface area (Å²) in [6.45, 7) is 5.35. The number of rotatable bonds is 9. The van der Waals surface area contributed by atoms with Crippen molar-refractivity contribution in [2.24, 2.45) is 17.2 Å². The highest BCUT2D eigenvalue weighted by atomic mass is 16.7. The third kappa shape index (κ3) is 9.17. The number of hydrogen-bond acceptors (Lipinski definition) is 17. The number of amides is 2. The van der Waals surface area contributed by atoms with Gasteiger partial charge in [0.15, 0.2) is 12.6 Å². The van der Waals surface area contributed by atoms with Gasteiger partial charge in [-0.15, -0.1) is 0 Å². The van der Waals surface area contributed by atoms with Crippen molar-refractivity contribution in [2.45, 2.75) is 138 Å². The van der Waals surface area contributed by atoms with Gasteiger partial charge in [-0.2, -0.15) is 0 Å². The highest BCUT2D eigenvalue weighted by Crippen LogP contribution is 2.31. The molecule has 2 amide bonds. The zero-order valence-electron chi connectivity index (χ0n) is 25.6. The number of aliphatic hydroxyl groups is 7. The second kappa shape index (κ2) is 15.4. The molecule has 262 valence electrons. The van der Waals surface area contributed by atoms with E-state index in [9.17, 15) is 45.3 Å². The molecule has 16 atom stereocenters. The van der Waals surface area contributed by atoms with Crippen molar-refractivity contribution in [3.05, 3.63) is 0 Å². The molecule has 0 spiro atoms. The van der Waals surface area contributed by atoms with E-state index in [1.807, 2.05) is 0 Å². The second-order valence-corrected chi connectivity index (χ2v) is 12.7. The SMILES string of the molecule is C[C@H](NC(=O)OC(C)(C)C)C(=O)NC[C@H]1O[C@H](O[C@H]2[C@H](O)[C@@H](O[C@H]3O[C@H](CO)[C@@H](O)[C@H](N)[C@H]3O)[C@H](N)C[C@@H]2N)[C@H](O)[C@@H](O)[C@@H]1O. The Morgan fingerprint density at radius 2 is 1.36 bits per heavy atom. The van der Waals surface area contributed by atoms with Crippen LogP contribution in [0.2, 0.25) is 0 Å². The van der Waals surface area contributed by atoms with Gasteiger partial charge in [0.2, 0.25) is 5.91 Å². The number of carbonyl (C=O) groups is 2. The van der Waals surface area contributed by atoms with Crippen LogP contribution in [0.1, 0.15) is 34.1 Å². The Labute approximate surface area is 259 Å². The molecule has 2 aliphatic heterocycles. The minimum absolute atomic E-state index is 0.00331. The first kappa shape index (κ1) is 37.6. The summed E-state index contributed by atoms with van der Waals surface area (Å²) >= 11 is 0. The van der Waals surface area contributed by atoms with Crippen LogP contribution in [-0.4, -0.2) is 164 Å². The van der Waals surface area contributed by atoms with E-state index in [1.165, 1.54) is 6.92 Å². The van der Waals surface area contributed by atoms with Crippen LogP contribution in [0.3, 0.4) is 0 Å². The number of nitrogens with one attached hydrogen (secondary N) is 2. The fraction of sp³-hybridized carbons (Fsp3) is 0.923. The molecule has 2 saturated heterocycles. The van der Waals surface area contributed by atoms with Gasteiger partial charge >= 0.3 is 6.09 Å². The first-order chi connectivity index (χ1) is 20.9. The highest BCUT2D eigenvalue weighted by molar-refractivity contribution is 5.85. The Bertz CT molecular complexity index is 990. The molecule has 0 aromatic carbocycles. The van der Waals surface area contributed by atoms with E-state index in [1.54, 1.807) is 20.8 Å². The molecule has 0 radical (unpaired) electrons. The van der Waals surface area contributed by atoms with Crippen molar-refractivity contribution in [2.75, 3.05) is 13.2 Å². The monoisotopic (exact) mass is 655 g/mol.